The van der Waals surface area contributed by atoms with Crippen molar-refractivity contribution < 1.29 is 4.42 Å². The van der Waals surface area contributed by atoms with Gasteiger partial charge >= 0.3 is 0 Å². The van der Waals surface area contributed by atoms with Gasteiger partial charge < -0.3 is 15.5 Å². The summed E-state index contributed by atoms with van der Waals surface area (Å²) >= 11 is 0. The second kappa shape index (κ2) is 3.23. The summed E-state index contributed by atoms with van der Waals surface area (Å²) in [7, 11) is 0. The third-order valence-electron chi connectivity index (χ3n) is 1.74. The minimum absolute atomic E-state index is 0.693. The largest absolute Gasteiger partial charge is 0.449 e. The van der Waals surface area contributed by atoms with E-state index in [2.05, 4.69) is 5.32 Å². The molecular formula is C10H10N2O. The second-order valence-corrected chi connectivity index (χ2v) is 2.69. The van der Waals surface area contributed by atoms with Gasteiger partial charge in [0.1, 0.15) is 0 Å². The highest BCUT2D eigenvalue weighted by atomic mass is 16.3. The third-order valence-corrected chi connectivity index (χ3v) is 1.74. The van der Waals surface area contributed by atoms with Gasteiger partial charge in [0.15, 0.2) is 5.88 Å². The Morgan fingerprint density at radius 3 is 2.62 bits per heavy atom. The first-order valence-electron chi connectivity index (χ1n) is 4.01. The van der Waals surface area contributed by atoms with Crippen LogP contribution >= 0.6 is 0 Å². The highest BCUT2D eigenvalue weighted by Crippen LogP contribution is 2.22. The number of hydrogen-bond acceptors (Lipinski definition) is 3. The minimum atomic E-state index is 0.693. The third kappa shape index (κ3) is 1.64. The zero-order valence-corrected chi connectivity index (χ0v) is 7.03. The topological polar surface area (TPSA) is 51.2 Å². The minimum Gasteiger partial charge on any atom is -0.449 e. The van der Waals surface area contributed by atoms with E-state index in [0.29, 0.717) is 11.6 Å². The summed E-state index contributed by atoms with van der Waals surface area (Å²) in [5, 5.41) is 3.06. The average Bonchev–Trinajstić information content (AvgIpc) is 2.61. The van der Waals surface area contributed by atoms with Crippen LogP contribution in [0.2, 0.25) is 0 Å². The first-order valence-corrected chi connectivity index (χ1v) is 4.01. The number of anilines is 3. The first kappa shape index (κ1) is 7.73. The maximum absolute atomic E-state index is 5.73. The van der Waals surface area contributed by atoms with Crippen molar-refractivity contribution in [3.05, 3.63) is 42.7 Å². The van der Waals surface area contributed by atoms with Crippen molar-refractivity contribution in [2.45, 2.75) is 0 Å². The molecule has 0 aliphatic heterocycles. The lowest BCUT2D eigenvalue weighted by atomic mass is 10.3. The molecule has 0 unspecified atom stereocenters. The average molecular weight is 174 g/mol. The van der Waals surface area contributed by atoms with Crippen molar-refractivity contribution in [3.8, 4) is 0 Å². The number of para-hydroxylation sites is 2. The smallest absolute Gasteiger partial charge is 0.197 e. The molecule has 0 radical (unpaired) electrons. The molecule has 2 rings (SSSR count). The van der Waals surface area contributed by atoms with E-state index in [1.54, 1.807) is 6.26 Å². The van der Waals surface area contributed by atoms with Crippen molar-refractivity contribution in [3.63, 3.8) is 0 Å². The molecule has 1 aromatic heterocycles. The predicted molar refractivity (Wildman–Crippen MR) is 52.8 cm³/mol. The standard InChI is InChI=1S/C10H10N2O/c11-8-4-1-2-5-9(8)12-10-6-3-7-13-10/h1-7,12H,11H2. The Balaban J connectivity index is 2.24. The van der Waals surface area contributed by atoms with Gasteiger partial charge in [-0.25, -0.2) is 0 Å². The number of nitrogens with two attached hydrogens (primary N) is 1. The Morgan fingerprint density at radius 1 is 1.08 bits per heavy atom. The summed E-state index contributed by atoms with van der Waals surface area (Å²) in [6.45, 7) is 0. The summed E-state index contributed by atoms with van der Waals surface area (Å²) in [5.41, 5.74) is 7.30. The fourth-order valence-corrected chi connectivity index (χ4v) is 1.09. The Labute approximate surface area is 76.2 Å². The number of furan rings is 1. The van der Waals surface area contributed by atoms with Crippen molar-refractivity contribution in [1.82, 2.24) is 0 Å². The maximum atomic E-state index is 5.73. The van der Waals surface area contributed by atoms with Crippen LogP contribution < -0.4 is 11.1 Å². The van der Waals surface area contributed by atoms with Gasteiger partial charge in [-0.2, -0.15) is 0 Å². The van der Waals surface area contributed by atoms with Crippen LogP contribution in [0.3, 0.4) is 0 Å². The molecule has 1 heterocycles. The summed E-state index contributed by atoms with van der Waals surface area (Å²) in [6.07, 6.45) is 1.61. The molecule has 0 amide bonds. The van der Waals surface area contributed by atoms with Gasteiger partial charge in [0.2, 0.25) is 0 Å². The molecule has 0 atom stereocenters. The molecule has 1 aromatic carbocycles. The van der Waals surface area contributed by atoms with E-state index in [0.717, 1.165) is 5.69 Å². The predicted octanol–water partition coefficient (Wildman–Crippen LogP) is 2.61. The van der Waals surface area contributed by atoms with Crippen LogP contribution in [-0.4, -0.2) is 0 Å². The van der Waals surface area contributed by atoms with E-state index >= 15 is 0 Å². The van der Waals surface area contributed by atoms with Gasteiger partial charge in [-0.15, -0.1) is 0 Å². The lowest BCUT2D eigenvalue weighted by molar-refractivity contribution is 0.585. The summed E-state index contributed by atoms with van der Waals surface area (Å²) in [6, 6.07) is 11.2. The van der Waals surface area contributed by atoms with Crippen LogP contribution in [0.1, 0.15) is 0 Å². The van der Waals surface area contributed by atoms with E-state index in [4.69, 9.17) is 10.2 Å². The van der Waals surface area contributed by atoms with Crippen LogP contribution in [0.5, 0.6) is 0 Å². The Kier molecular flexibility index (Phi) is 1.92. The summed E-state index contributed by atoms with van der Waals surface area (Å²) < 4.78 is 5.13. The van der Waals surface area contributed by atoms with Crippen LogP contribution in [0.25, 0.3) is 0 Å². The van der Waals surface area contributed by atoms with Gasteiger partial charge in [0.25, 0.3) is 0 Å². The Hall–Kier alpha value is -1.90. The number of benzene rings is 1. The molecule has 0 saturated carbocycles. The Bertz CT molecular complexity index is 382. The van der Waals surface area contributed by atoms with Gasteiger partial charge in [-0.05, 0) is 18.2 Å². The summed E-state index contributed by atoms with van der Waals surface area (Å²) in [5.74, 6) is 0.693. The van der Waals surface area contributed by atoms with Crippen LogP contribution in [0.4, 0.5) is 17.3 Å². The molecule has 3 N–H and O–H groups in total. The lowest BCUT2D eigenvalue weighted by Gasteiger charge is -2.04. The van der Waals surface area contributed by atoms with Crippen LogP contribution in [0, 0.1) is 0 Å². The molecule has 0 saturated heterocycles. The first-order chi connectivity index (χ1) is 6.36. The number of nitrogens with one attached hydrogen (secondary N) is 1. The Morgan fingerprint density at radius 2 is 1.92 bits per heavy atom. The fraction of sp³-hybridized carbons (Fsp3) is 0. The monoisotopic (exact) mass is 174 g/mol. The van der Waals surface area contributed by atoms with Crippen molar-refractivity contribution in [1.29, 1.82) is 0 Å². The van der Waals surface area contributed by atoms with Crippen molar-refractivity contribution >= 4 is 17.3 Å². The molecular weight excluding hydrogens is 164 g/mol. The number of rotatable bonds is 2. The second-order valence-electron chi connectivity index (χ2n) is 2.69. The molecule has 0 spiro atoms. The highest BCUT2D eigenvalue weighted by Gasteiger charge is 1.98. The van der Waals surface area contributed by atoms with E-state index < -0.39 is 0 Å². The molecule has 2 aromatic rings. The SMILES string of the molecule is Nc1ccccc1Nc1ccco1. The number of hydrogen-bond donors (Lipinski definition) is 2. The van der Waals surface area contributed by atoms with Gasteiger partial charge in [0, 0.05) is 6.07 Å². The molecule has 3 nitrogen and oxygen atoms in total. The van der Waals surface area contributed by atoms with Crippen LogP contribution in [-0.2, 0) is 0 Å². The zero-order valence-electron chi connectivity index (χ0n) is 7.03. The van der Waals surface area contributed by atoms with Crippen molar-refractivity contribution in [2.75, 3.05) is 11.1 Å². The van der Waals surface area contributed by atoms with E-state index in [9.17, 15) is 0 Å². The summed E-state index contributed by atoms with van der Waals surface area (Å²) in [4.78, 5) is 0. The number of nitrogen functional groups attached to an aromatic ring is 1. The molecule has 0 fully saturated rings. The normalized spacial score (nSPS) is 9.85. The van der Waals surface area contributed by atoms with E-state index in [1.807, 2.05) is 36.4 Å². The molecule has 0 aliphatic carbocycles. The highest BCUT2D eigenvalue weighted by molar-refractivity contribution is 5.70. The molecule has 0 bridgehead atoms. The zero-order chi connectivity index (χ0) is 9.10. The van der Waals surface area contributed by atoms with Gasteiger partial charge in [-0.1, -0.05) is 12.1 Å². The van der Waals surface area contributed by atoms with Crippen molar-refractivity contribution in [2.24, 2.45) is 0 Å². The van der Waals surface area contributed by atoms with E-state index in [1.165, 1.54) is 0 Å². The van der Waals surface area contributed by atoms with Gasteiger partial charge in [0.05, 0.1) is 17.6 Å². The molecule has 13 heavy (non-hydrogen) atoms. The van der Waals surface area contributed by atoms with E-state index in [-0.39, 0.29) is 0 Å². The fourth-order valence-electron chi connectivity index (χ4n) is 1.09. The van der Waals surface area contributed by atoms with Crippen LogP contribution in [0.15, 0.2) is 47.1 Å². The quantitative estimate of drug-likeness (QED) is 0.688. The lowest BCUT2D eigenvalue weighted by Crippen LogP contribution is -1.94. The maximum Gasteiger partial charge on any atom is 0.197 e. The molecule has 66 valence electrons. The molecule has 0 aliphatic rings. The molecule has 3 heteroatoms. The van der Waals surface area contributed by atoms with Gasteiger partial charge in [-0.3, -0.25) is 0 Å².